The molecule has 1 rings (SSSR count). The monoisotopic (exact) mass is 171 g/mol. The summed E-state index contributed by atoms with van der Waals surface area (Å²) in [6, 6.07) is 0. The van der Waals surface area contributed by atoms with E-state index in [4.69, 9.17) is 5.11 Å². The summed E-state index contributed by atoms with van der Waals surface area (Å²) in [5.74, 6) is -1.08. The summed E-state index contributed by atoms with van der Waals surface area (Å²) in [6.45, 7) is 2.85. The maximum absolute atomic E-state index is 11.0. The highest BCUT2D eigenvalue weighted by atomic mass is 16.4. The van der Waals surface area contributed by atoms with Gasteiger partial charge in [-0.05, 0) is 13.8 Å². The molecule has 1 aromatic rings. The molecule has 0 spiro atoms. The van der Waals surface area contributed by atoms with Gasteiger partial charge in [-0.2, -0.15) is 5.10 Å². The van der Waals surface area contributed by atoms with Crippen molar-refractivity contribution >= 4 is 5.97 Å². The predicted molar refractivity (Wildman–Crippen MR) is 39.8 cm³/mol. The molecule has 2 N–H and O–H groups in total. The Morgan fingerprint density at radius 2 is 2.33 bits per heavy atom. The van der Waals surface area contributed by atoms with Crippen LogP contribution in [-0.4, -0.2) is 25.8 Å². The molecule has 0 radical (unpaired) electrons. The average Bonchev–Trinajstić information content (AvgIpc) is 2.35. The third kappa shape index (κ3) is 1.11. The normalized spacial score (nSPS) is 11.5. The molecule has 6 nitrogen and oxygen atoms in total. The molecule has 1 heterocycles. The van der Waals surface area contributed by atoms with E-state index in [2.05, 4.69) is 10.2 Å². The standard InChI is InChI=1S/C6H9N3O3/c1-6(2,4(10)11)9-3-7-8-5(9)12/h3H,1-2H3,(H,8,12)(H,10,11). The molecule has 12 heavy (non-hydrogen) atoms. The molecule has 0 aliphatic heterocycles. The van der Waals surface area contributed by atoms with Crippen LogP contribution in [0.25, 0.3) is 0 Å². The van der Waals surface area contributed by atoms with Crippen LogP contribution in [-0.2, 0) is 10.3 Å². The minimum atomic E-state index is -1.26. The van der Waals surface area contributed by atoms with Crippen molar-refractivity contribution in [3.63, 3.8) is 0 Å². The van der Waals surface area contributed by atoms with Gasteiger partial charge in [-0.1, -0.05) is 0 Å². The summed E-state index contributed by atoms with van der Waals surface area (Å²) in [7, 11) is 0. The van der Waals surface area contributed by atoms with Gasteiger partial charge in [-0.3, -0.25) is 4.57 Å². The van der Waals surface area contributed by atoms with Crippen molar-refractivity contribution in [2.24, 2.45) is 0 Å². The van der Waals surface area contributed by atoms with Gasteiger partial charge in [0.15, 0.2) is 0 Å². The Bertz CT molecular complexity index is 349. The molecule has 0 aliphatic carbocycles. The number of hydrogen-bond acceptors (Lipinski definition) is 3. The molecule has 0 aromatic carbocycles. The van der Waals surface area contributed by atoms with Gasteiger partial charge in [0.05, 0.1) is 0 Å². The van der Waals surface area contributed by atoms with Crippen molar-refractivity contribution in [3.8, 4) is 0 Å². The summed E-state index contributed by atoms with van der Waals surface area (Å²) in [4.78, 5) is 21.6. The highest BCUT2D eigenvalue weighted by Gasteiger charge is 2.30. The molecule has 6 heteroatoms. The Balaban J connectivity index is 3.23. The second kappa shape index (κ2) is 2.47. The van der Waals surface area contributed by atoms with Crippen LogP contribution in [0.1, 0.15) is 13.8 Å². The summed E-state index contributed by atoms with van der Waals surface area (Å²) in [5, 5.41) is 14.3. The Kier molecular flexibility index (Phi) is 1.75. The minimum Gasteiger partial charge on any atom is -0.480 e. The van der Waals surface area contributed by atoms with Crippen LogP contribution in [0.3, 0.4) is 0 Å². The first-order chi connectivity index (χ1) is 5.46. The van der Waals surface area contributed by atoms with E-state index in [1.807, 2.05) is 0 Å². The molecule has 0 atom stereocenters. The highest BCUT2D eigenvalue weighted by molar-refractivity contribution is 5.75. The van der Waals surface area contributed by atoms with Gasteiger partial charge in [-0.15, -0.1) is 0 Å². The van der Waals surface area contributed by atoms with E-state index in [0.29, 0.717) is 0 Å². The fourth-order valence-corrected chi connectivity index (χ4v) is 0.749. The van der Waals surface area contributed by atoms with Crippen molar-refractivity contribution in [1.82, 2.24) is 14.8 Å². The number of H-pyrrole nitrogens is 1. The van der Waals surface area contributed by atoms with Crippen LogP contribution in [0, 0.1) is 0 Å². The SMILES string of the molecule is CC(C)(C(=O)O)n1cn[nH]c1=O. The van der Waals surface area contributed by atoms with Crippen LogP contribution in [0.4, 0.5) is 0 Å². The quantitative estimate of drug-likeness (QED) is 0.621. The Morgan fingerprint density at radius 1 is 1.75 bits per heavy atom. The molecule has 0 aliphatic rings. The summed E-state index contributed by atoms with van der Waals surface area (Å²) in [6.07, 6.45) is 1.16. The zero-order chi connectivity index (χ0) is 9.35. The van der Waals surface area contributed by atoms with Crippen LogP contribution in [0.15, 0.2) is 11.1 Å². The van der Waals surface area contributed by atoms with E-state index >= 15 is 0 Å². The lowest BCUT2D eigenvalue weighted by Crippen LogP contribution is -2.41. The number of aliphatic carboxylic acids is 1. The molecule has 0 bridgehead atoms. The smallest absolute Gasteiger partial charge is 0.344 e. The van der Waals surface area contributed by atoms with Gasteiger partial charge in [0.25, 0.3) is 0 Å². The third-order valence-electron chi connectivity index (χ3n) is 1.68. The van der Waals surface area contributed by atoms with Crippen molar-refractivity contribution in [2.75, 3.05) is 0 Å². The van der Waals surface area contributed by atoms with Gasteiger partial charge < -0.3 is 5.11 Å². The average molecular weight is 171 g/mol. The number of rotatable bonds is 2. The van der Waals surface area contributed by atoms with Crippen LogP contribution >= 0.6 is 0 Å². The van der Waals surface area contributed by atoms with E-state index in [0.717, 1.165) is 10.9 Å². The molecule has 0 saturated carbocycles. The number of carboxylic acids is 1. The summed E-state index contributed by atoms with van der Waals surface area (Å²) >= 11 is 0. The first-order valence-electron chi connectivity index (χ1n) is 3.32. The zero-order valence-electron chi connectivity index (χ0n) is 6.74. The lowest BCUT2D eigenvalue weighted by Gasteiger charge is -2.18. The first kappa shape index (κ1) is 8.51. The van der Waals surface area contributed by atoms with Crippen LogP contribution in [0.2, 0.25) is 0 Å². The number of aromatic nitrogens is 3. The van der Waals surface area contributed by atoms with Gasteiger partial charge in [0.1, 0.15) is 11.9 Å². The van der Waals surface area contributed by atoms with Crippen LogP contribution < -0.4 is 5.69 Å². The van der Waals surface area contributed by atoms with Crippen molar-refractivity contribution < 1.29 is 9.90 Å². The minimum absolute atomic E-state index is 0.526. The topological polar surface area (TPSA) is 88.0 Å². The lowest BCUT2D eigenvalue weighted by molar-refractivity contribution is -0.145. The fraction of sp³-hybridized carbons (Fsp3) is 0.500. The maximum atomic E-state index is 11.0. The molecular formula is C6H9N3O3. The number of nitrogens with one attached hydrogen (secondary N) is 1. The fourth-order valence-electron chi connectivity index (χ4n) is 0.749. The molecule has 0 unspecified atom stereocenters. The number of carbonyl (C=O) groups is 1. The zero-order valence-corrected chi connectivity index (χ0v) is 6.74. The van der Waals surface area contributed by atoms with Gasteiger partial charge in [0.2, 0.25) is 0 Å². The molecular weight excluding hydrogens is 162 g/mol. The Hall–Kier alpha value is -1.59. The van der Waals surface area contributed by atoms with E-state index in [1.165, 1.54) is 13.8 Å². The highest BCUT2D eigenvalue weighted by Crippen LogP contribution is 2.10. The predicted octanol–water partition coefficient (Wildman–Crippen LogP) is -0.609. The molecule has 66 valence electrons. The molecule has 1 aromatic heterocycles. The Labute approximate surface area is 67.8 Å². The first-order valence-corrected chi connectivity index (χ1v) is 3.32. The van der Waals surface area contributed by atoms with E-state index in [9.17, 15) is 9.59 Å². The lowest BCUT2D eigenvalue weighted by atomic mass is 10.1. The number of hydrogen-bond donors (Lipinski definition) is 2. The second-order valence-corrected chi connectivity index (χ2v) is 2.90. The Morgan fingerprint density at radius 3 is 2.67 bits per heavy atom. The van der Waals surface area contributed by atoms with Crippen molar-refractivity contribution in [1.29, 1.82) is 0 Å². The largest absolute Gasteiger partial charge is 0.480 e. The van der Waals surface area contributed by atoms with Crippen molar-refractivity contribution in [3.05, 3.63) is 16.8 Å². The van der Waals surface area contributed by atoms with Gasteiger partial charge in [0, 0.05) is 0 Å². The summed E-state index contributed by atoms with van der Waals surface area (Å²) in [5.41, 5.74) is -1.79. The van der Waals surface area contributed by atoms with Crippen LogP contribution in [0.5, 0.6) is 0 Å². The van der Waals surface area contributed by atoms with Gasteiger partial charge >= 0.3 is 11.7 Å². The van der Waals surface area contributed by atoms with E-state index < -0.39 is 17.2 Å². The van der Waals surface area contributed by atoms with Crippen molar-refractivity contribution in [2.45, 2.75) is 19.4 Å². The van der Waals surface area contributed by atoms with Gasteiger partial charge in [-0.25, -0.2) is 14.7 Å². The number of nitrogens with zero attached hydrogens (tertiary/aromatic N) is 2. The number of aromatic amines is 1. The van der Waals surface area contributed by atoms with E-state index in [1.54, 1.807) is 0 Å². The van der Waals surface area contributed by atoms with E-state index in [-0.39, 0.29) is 0 Å². The molecule has 0 fully saturated rings. The molecule has 0 amide bonds. The third-order valence-corrected chi connectivity index (χ3v) is 1.68. The number of carboxylic acid groups (broad SMARTS) is 1. The molecule has 0 saturated heterocycles. The maximum Gasteiger partial charge on any atom is 0.344 e. The second-order valence-electron chi connectivity index (χ2n) is 2.90. The summed E-state index contributed by atoms with van der Waals surface area (Å²) < 4.78 is 1.02.